The minimum Gasteiger partial charge on any atom is -0.280 e. The fourth-order valence-corrected chi connectivity index (χ4v) is 3.57. The van der Waals surface area contributed by atoms with Crippen LogP contribution in [0.4, 0.5) is 18.9 Å². The molecule has 0 aromatic heterocycles. The molecule has 0 bridgehead atoms. The molecular formula is C15H13ClF3NO2S. The van der Waals surface area contributed by atoms with Crippen molar-refractivity contribution in [1.29, 1.82) is 0 Å². The minimum absolute atomic E-state index is 0.0271. The van der Waals surface area contributed by atoms with Gasteiger partial charge in [-0.15, -0.1) is 0 Å². The second kappa shape index (κ2) is 6.05. The molecule has 0 atom stereocenters. The van der Waals surface area contributed by atoms with E-state index in [0.29, 0.717) is 16.1 Å². The van der Waals surface area contributed by atoms with Gasteiger partial charge in [0.15, 0.2) is 0 Å². The van der Waals surface area contributed by atoms with Crippen molar-refractivity contribution in [3.8, 4) is 0 Å². The zero-order chi connectivity index (χ0) is 17.4. The van der Waals surface area contributed by atoms with E-state index in [1.165, 1.54) is 12.1 Å². The highest BCUT2D eigenvalue weighted by atomic mass is 35.5. The normalized spacial score (nSPS) is 12.3. The molecule has 124 valence electrons. The van der Waals surface area contributed by atoms with Gasteiger partial charge in [-0.1, -0.05) is 11.6 Å². The molecule has 0 heterocycles. The summed E-state index contributed by atoms with van der Waals surface area (Å²) in [5, 5.41) is 0.441. The summed E-state index contributed by atoms with van der Waals surface area (Å²) in [6.45, 7) is 3.26. The molecule has 2 aromatic carbocycles. The Morgan fingerprint density at radius 3 is 2.09 bits per heavy atom. The molecule has 0 aliphatic rings. The van der Waals surface area contributed by atoms with Gasteiger partial charge in [0.1, 0.15) is 0 Å². The van der Waals surface area contributed by atoms with E-state index < -0.39 is 21.8 Å². The molecule has 2 rings (SSSR count). The highest BCUT2D eigenvalue weighted by Gasteiger charge is 2.30. The zero-order valence-electron chi connectivity index (χ0n) is 12.2. The molecule has 0 aliphatic carbocycles. The number of alkyl halides is 3. The number of hydrogen-bond acceptors (Lipinski definition) is 2. The van der Waals surface area contributed by atoms with Crippen LogP contribution in [0.3, 0.4) is 0 Å². The van der Waals surface area contributed by atoms with Crippen LogP contribution in [0.5, 0.6) is 0 Å². The molecule has 0 aliphatic heterocycles. The molecule has 0 saturated carbocycles. The van der Waals surface area contributed by atoms with E-state index in [-0.39, 0.29) is 10.6 Å². The lowest BCUT2D eigenvalue weighted by Crippen LogP contribution is -2.15. The molecule has 2 aromatic rings. The van der Waals surface area contributed by atoms with Gasteiger partial charge in [-0.3, -0.25) is 4.72 Å². The van der Waals surface area contributed by atoms with Crippen LogP contribution in [0.2, 0.25) is 5.02 Å². The number of sulfonamides is 1. The highest BCUT2D eigenvalue weighted by molar-refractivity contribution is 7.92. The number of halogens is 4. The van der Waals surface area contributed by atoms with E-state index in [2.05, 4.69) is 4.72 Å². The maximum atomic E-state index is 12.5. The Morgan fingerprint density at radius 1 is 1.00 bits per heavy atom. The fraction of sp³-hybridized carbons (Fsp3) is 0.200. The molecule has 8 heteroatoms. The van der Waals surface area contributed by atoms with E-state index in [0.717, 1.165) is 24.3 Å². The first-order chi connectivity index (χ1) is 10.5. The number of nitrogens with one attached hydrogen (secondary N) is 1. The Morgan fingerprint density at radius 2 is 1.57 bits per heavy atom. The van der Waals surface area contributed by atoms with Crippen molar-refractivity contribution in [3.05, 3.63) is 58.1 Å². The van der Waals surface area contributed by atoms with Gasteiger partial charge >= 0.3 is 6.18 Å². The number of anilines is 1. The first-order valence-electron chi connectivity index (χ1n) is 6.47. The lowest BCUT2D eigenvalue weighted by Gasteiger charge is -2.13. The van der Waals surface area contributed by atoms with Gasteiger partial charge in [-0.25, -0.2) is 8.42 Å². The van der Waals surface area contributed by atoms with Crippen LogP contribution in [0.15, 0.2) is 41.3 Å². The fourth-order valence-electron chi connectivity index (χ4n) is 1.98. The van der Waals surface area contributed by atoms with Crippen molar-refractivity contribution in [2.75, 3.05) is 4.72 Å². The number of aryl methyl sites for hydroxylation is 2. The predicted molar refractivity (Wildman–Crippen MR) is 83.2 cm³/mol. The largest absolute Gasteiger partial charge is 0.416 e. The van der Waals surface area contributed by atoms with Crippen LogP contribution in [-0.4, -0.2) is 8.42 Å². The summed E-state index contributed by atoms with van der Waals surface area (Å²) in [6, 6.07) is 6.72. The molecule has 0 radical (unpaired) electrons. The summed E-state index contributed by atoms with van der Waals surface area (Å²) < 4.78 is 64.6. The second-order valence-corrected chi connectivity index (χ2v) is 7.11. The van der Waals surface area contributed by atoms with Crippen LogP contribution < -0.4 is 4.72 Å². The monoisotopic (exact) mass is 363 g/mol. The molecule has 3 nitrogen and oxygen atoms in total. The molecule has 0 amide bonds. The van der Waals surface area contributed by atoms with Crippen LogP contribution >= 0.6 is 11.6 Å². The second-order valence-electron chi connectivity index (χ2n) is 5.05. The van der Waals surface area contributed by atoms with E-state index in [4.69, 9.17) is 11.6 Å². The van der Waals surface area contributed by atoms with Crippen molar-refractivity contribution < 1.29 is 21.6 Å². The lowest BCUT2D eigenvalue weighted by atomic mass is 10.2. The Balaban J connectivity index is 2.34. The van der Waals surface area contributed by atoms with Crippen LogP contribution in [0.1, 0.15) is 16.7 Å². The summed E-state index contributed by atoms with van der Waals surface area (Å²) in [5.41, 5.74) is 0.231. The Hall–Kier alpha value is -1.73. The van der Waals surface area contributed by atoms with Gasteiger partial charge in [0.2, 0.25) is 0 Å². The Bertz CT molecular complexity index is 831. The summed E-state index contributed by atoms with van der Waals surface area (Å²) >= 11 is 5.93. The third-order valence-corrected chi connectivity index (χ3v) is 5.14. The van der Waals surface area contributed by atoms with Crippen LogP contribution in [-0.2, 0) is 16.2 Å². The number of benzene rings is 2. The molecule has 0 spiro atoms. The first-order valence-corrected chi connectivity index (χ1v) is 8.33. The van der Waals surface area contributed by atoms with Crippen molar-refractivity contribution in [2.45, 2.75) is 24.9 Å². The van der Waals surface area contributed by atoms with E-state index >= 15 is 0 Å². The third-order valence-electron chi connectivity index (χ3n) is 3.21. The average Bonchev–Trinajstić information content (AvgIpc) is 2.41. The predicted octanol–water partition coefficient (Wildman–Crippen LogP) is 4.78. The third kappa shape index (κ3) is 3.97. The van der Waals surface area contributed by atoms with E-state index in [1.54, 1.807) is 13.8 Å². The van der Waals surface area contributed by atoms with Gasteiger partial charge < -0.3 is 0 Å². The van der Waals surface area contributed by atoms with Gasteiger partial charge in [-0.05, 0) is 61.4 Å². The van der Waals surface area contributed by atoms with Crippen molar-refractivity contribution in [3.63, 3.8) is 0 Å². The molecular weight excluding hydrogens is 351 g/mol. The topological polar surface area (TPSA) is 46.2 Å². The minimum atomic E-state index is -4.47. The average molecular weight is 364 g/mol. The Kier molecular flexibility index (Phi) is 4.64. The maximum absolute atomic E-state index is 12.5. The van der Waals surface area contributed by atoms with Crippen LogP contribution in [0, 0.1) is 13.8 Å². The van der Waals surface area contributed by atoms with Gasteiger partial charge in [0, 0.05) is 10.7 Å². The standard InChI is InChI=1S/C15H13ClF3NO2S/c1-9-8-14(10(2)7-13(9)16)23(21,22)20-12-5-3-11(4-6-12)15(17,18)19/h3-8,20H,1-2H3. The quantitative estimate of drug-likeness (QED) is 0.853. The zero-order valence-corrected chi connectivity index (χ0v) is 13.8. The molecule has 0 saturated heterocycles. The van der Waals surface area contributed by atoms with E-state index in [9.17, 15) is 21.6 Å². The molecule has 1 N–H and O–H groups in total. The Labute approximate surface area is 137 Å². The molecule has 23 heavy (non-hydrogen) atoms. The highest BCUT2D eigenvalue weighted by Crippen LogP contribution is 2.30. The van der Waals surface area contributed by atoms with Gasteiger partial charge in [0.25, 0.3) is 10.0 Å². The van der Waals surface area contributed by atoms with Gasteiger partial charge in [0.05, 0.1) is 10.5 Å². The van der Waals surface area contributed by atoms with E-state index in [1.807, 2.05) is 0 Å². The van der Waals surface area contributed by atoms with Crippen molar-refractivity contribution in [2.24, 2.45) is 0 Å². The van der Waals surface area contributed by atoms with Crippen molar-refractivity contribution >= 4 is 27.3 Å². The smallest absolute Gasteiger partial charge is 0.280 e. The molecule has 0 fully saturated rings. The van der Waals surface area contributed by atoms with Crippen LogP contribution in [0.25, 0.3) is 0 Å². The maximum Gasteiger partial charge on any atom is 0.416 e. The van der Waals surface area contributed by atoms with Gasteiger partial charge in [-0.2, -0.15) is 13.2 Å². The summed E-state index contributed by atoms with van der Waals surface area (Å²) in [6.07, 6.45) is -4.47. The number of hydrogen-bond donors (Lipinski definition) is 1. The van der Waals surface area contributed by atoms with Crippen molar-refractivity contribution in [1.82, 2.24) is 0 Å². The SMILES string of the molecule is Cc1cc(S(=O)(=O)Nc2ccc(C(F)(F)F)cc2)c(C)cc1Cl. The number of rotatable bonds is 3. The first kappa shape index (κ1) is 17.6. The summed E-state index contributed by atoms with van der Waals surface area (Å²) in [5.74, 6) is 0. The molecule has 0 unspecified atom stereocenters. The lowest BCUT2D eigenvalue weighted by molar-refractivity contribution is -0.137. The summed E-state index contributed by atoms with van der Waals surface area (Å²) in [7, 11) is -3.92. The summed E-state index contributed by atoms with van der Waals surface area (Å²) in [4.78, 5) is 0.0271.